The molecule has 2 saturated carbocycles. The first-order chi connectivity index (χ1) is 8.38. The van der Waals surface area contributed by atoms with E-state index in [0.29, 0.717) is 0 Å². The molecule has 1 N–H and O–H groups in total. The third kappa shape index (κ3) is 2.51. The van der Waals surface area contributed by atoms with Crippen molar-refractivity contribution >= 4 is 11.6 Å². The van der Waals surface area contributed by atoms with Crippen LogP contribution in [0.15, 0.2) is 0 Å². The highest BCUT2D eigenvalue weighted by atomic mass is 35.5. The Labute approximate surface area is 111 Å². The van der Waals surface area contributed by atoms with Crippen LogP contribution in [0.2, 0.25) is 0 Å². The highest BCUT2D eigenvalue weighted by molar-refractivity contribution is 6.17. The first kappa shape index (κ1) is 12.3. The lowest BCUT2D eigenvalue weighted by molar-refractivity contribution is 0.0558. The summed E-state index contributed by atoms with van der Waals surface area (Å²) in [4.78, 5) is 0. The van der Waals surface area contributed by atoms with E-state index < -0.39 is 0 Å². The van der Waals surface area contributed by atoms with Gasteiger partial charge in [0.25, 0.3) is 0 Å². The highest BCUT2D eigenvalue weighted by Gasteiger charge is 2.41. The molecule has 3 fully saturated rings. The van der Waals surface area contributed by atoms with Crippen LogP contribution in [0.5, 0.6) is 0 Å². The van der Waals surface area contributed by atoms with Crippen molar-refractivity contribution in [1.29, 1.82) is 0 Å². The average Bonchev–Trinajstić information content (AvgIpc) is 2.37. The van der Waals surface area contributed by atoms with Crippen molar-refractivity contribution in [2.75, 3.05) is 5.88 Å². The SMILES string of the molecule is ClCCC1CCCC2NC3CCCCC3CC12. The molecule has 3 rings (SSSR count). The maximum Gasteiger partial charge on any atom is 0.0226 e. The van der Waals surface area contributed by atoms with Crippen LogP contribution in [0, 0.1) is 17.8 Å². The highest BCUT2D eigenvalue weighted by Crippen LogP contribution is 2.43. The predicted octanol–water partition coefficient (Wildman–Crippen LogP) is 3.95. The summed E-state index contributed by atoms with van der Waals surface area (Å²) >= 11 is 5.98. The van der Waals surface area contributed by atoms with E-state index in [2.05, 4.69) is 5.32 Å². The second-order valence-corrected chi connectivity index (χ2v) is 6.87. The maximum atomic E-state index is 5.98. The summed E-state index contributed by atoms with van der Waals surface area (Å²) in [6.07, 6.45) is 12.9. The third-order valence-electron chi connectivity index (χ3n) is 5.60. The molecular weight excluding hydrogens is 230 g/mol. The summed E-state index contributed by atoms with van der Waals surface area (Å²) in [6.45, 7) is 0. The molecule has 1 heterocycles. The summed E-state index contributed by atoms with van der Waals surface area (Å²) in [5.41, 5.74) is 0. The average molecular weight is 256 g/mol. The monoisotopic (exact) mass is 255 g/mol. The number of nitrogens with one attached hydrogen (secondary N) is 1. The number of hydrogen-bond acceptors (Lipinski definition) is 1. The minimum atomic E-state index is 0.830. The lowest BCUT2D eigenvalue weighted by Gasteiger charge is -2.50. The second kappa shape index (κ2) is 5.48. The van der Waals surface area contributed by atoms with Crippen LogP contribution >= 0.6 is 11.6 Å². The molecule has 2 aliphatic carbocycles. The van der Waals surface area contributed by atoms with Gasteiger partial charge >= 0.3 is 0 Å². The molecule has 2 heteroatoms. The zero-order chi connectivity index (χ0) is 11.7. The Morgan fingerprint density at radius 2 is 1.76 bits per heavy atom. The fraction of sp³-hybridized carbons (Fsp3) is 1.00. The minimum Gasteiger partial charge on any atom is -0.311 e. The van der Waals surface area contributed by atoms with E-state index in [1.54, 1.807) is 0 Å². The Balaban J connectivity index is 1.68. The minimum absolute atomic E-state index is 0.830. The normalized spacial score (nSPS) is 46.1. The molecule has 0 bridgehead atoms. The zero-order valence-corrected chi connectivity index (χ0v) is 11.6. The van der Waals surface area contributed by atoms with E-state index in [4.69, 9.17) is 11.6 Å². The molecule has 17 heavy (non-hydrogen) atoms. The fourth-order valence-corrected chi connectivity index (χ4v) is 5.03. The number of halogens is 1. The van der Waals surface area contributed by atoms with Gasteiger partial charge in [-0.15, -0.1) is 11.6 Å². The standard InChI is InChI=1S/C15H26ClN/c16-9-8-11-5-3-7-15-13(11)10-12-4-1-2-6-14(12)17-15/h11-15,17H,1-10H2. The largest absolute Gasteiger partial charge is 0.311 e. The summed E-state index contributed by atoms with van der Waals surface area (Å²) in [5, 5.41) is 4.00. The van der Waals surface area contributed by atoms with Crippen LogP contribution in [0.25, 0.3) is 0 Å². The van der Waals surface area contributed by atoms with Crippen LogP contribution < -0.4 is 5.32 Å². The van der Waals surface area contributed by atoms with E-state index in [0.717, 1.165) is 35.7 Å². The summed E-state index contributed by atoms with van der Waals surface area (Å²) in [6, 6.07) is 1.69. The van der Waals surface area contributed by atoms with Gasteiger partial charge in [0.2, 0.25) is 0 Å². The first-order valence-corrected chi connectivity index (χ1v) is 8.24. The molecule has 0 spiro atoms. The Kier molecular flexibility index (Phi) is 3.97. The van der Waals surface area contributed by atoms with E-state index in [1.165, 1.54) is 57.8 Å². The summed E-state index contributed by atoms with van der Waals surface area (Å²) < 4.78 is 0. The first-order valence-electron chi connectivity index (χ1n) is 7.70. The topological polar surface area (TPSA) is 12.0 Å². The van der Waals surface area contributed by atoms with Crippen LogP contribution in [0.1, 0.15) is 57.8 Å². The Morgan fingerprint density at radius 1 is 0.941 bits per heavy atom. The zero-order valence-electron chi connectivity index (χ0n) is 10.8. The molecule has 0 aromatic rings. The van der Waals surface area contributed by atoms with Gasteiger partial charge < -0.3 is 5.32 Å². The molecular formula is C15H26ClN. The van der Waals surface area contributed by atoms with Gasteiger partial charge in [0.15, 0.2) is 0 Å². The fourth-order valence-electron chi connectivity index (χ4n) is 4.75. The van der Waals surface area contributed by atoms with Crippen LogP contribution in [0.4, 0.5) is 0 Å². The predicted molar refractivity (Wildman–Crippen MR) is 73.5 cm³/mol. The molecule has 1 saturated heterocycles. The van der Waals surface area contributed by atoms with Gasteiger partial charge in [-0.1, -0.05) is 25.7 Å². The second-order valence-electron chi connectivity index (χ2n) is 6.49. The van der Waals surface area contributed by atoms with Gasteiger partial charge in [0.05, 0.1) is 0 Å². The lowest BCUT2D eigenvalue weighted by atomic mass is 9.65. The van der Waals surface area contributed by atoms with Crippen molar-refractivity contribution in [2.45, 2.75) is 69.9 Å². The smallest absolute Gasteiger partial charge is 0.0226 e. The van der Waals surface area contributed by atoms with Gasteiger partial charge in [0.1, 0.15) is 0 Å². The summed E-state index contributed by atoms with van der Waals surface area (Å²) in [5.74, 6) is 3.71. The molecule has 0 amide bonds. The van der Waals surface area contributed by atoms with Crippen molar-refractivity contribution in [3.63, 3.8) is 0 Å². The van der Waals surface area contributed by atoms with Gasteiger partial charge in [-0.3, -0.25) is 0 Å². The molecule has 1 nitrogen and oxygen atoms in total. The van der Waals surface area contributed by atoms with Crippen molar-refractivity contribution < 1.29 is 0 Å². The molecule has 5 unspecified atom stereocenters. The number of rotatable bonds is 2. The Bertz CT molecular complexity index is 253. The Morgan fingerprint density at radius 3 is 2.65 bits per heavy atom. The van der Waals surface area contributed by atoms with E-state index in [1.807, 2.05) is 0 Å². The number of hydrogen-bond donors (Lipinski definition) is 1. The molecule has 1 aliphatic heterocycles. The van der Waals surface area contributed by atoms with E-state index >= 15 is 0 Å². The van der Waals surface area contributed by atoms with Gasteiger partial charge in [-0.25, -0.2) is 0 Å². The lowest BCUT2D eigenvalue weighted by Crippen LogP contribution is -2.56. The summed E-state index contributed by atoms with van der Waals surface area (Å²) in [7, 11) is 0. The molecule has 0 radical (unpaired) electrons. The van der Waals surface area contributed by atoms with Crippen LogP contribution in [-0.2, 0) is 0 Å². The number of alkyl halides is 1. The van der Waals surface area contributed by atoms with Gasteiger partial charge in [-0.05, 0) is 49.9 Å². The molecule has 98 valence electrons. The van der Waals surface area contributed by atoms with Gasteiger partial charge in [0, 0.05) is 18.0 Å². The quantitative estimate of drug-likeness (QED) is 0.737. The Hall–Kier alpha value is 0.250. The van der Waals surface area contributed by atoms with Crippen molar-refractivity contribution in [3.8, 4) is 0 Å². The van der Waals surface area contributed by atoms with E-state index in [9.17, 15) is 0 Å². The van der Waals surface area contributed by atoms with Gasteiger partial charge in [-0.2, -0.15) is 0 Å². The third-order valence-corrected chi connectivity index (χ3v) is 5.82. The maximum absolute atomic E-state index is 5.98. The van der Waals surface area contributed by atoms with Crippen molar-refractivity contribution in [2.24, 2.45) is 17.8 Å². The molecule has 0 aromatic heterocycles. The van der Waals surface area contributed by atoms with Crippen LogP contribution in [0.3, 0.4) is 0 Å². The van der Waals surface area contributed by atoms with Crippen LogP contribution in [-0.4, -0.2) is 18.0 Å². The van der Waals surface area contributed by atoms with Crippen molar-refractivity contribution in [1.82, 2.24) is 5.32 Å². The van der Waals surface area contributed by atoms with Crippen molar-refractivity contribution in [3.05, 3.63) is 0 Å². The van der Waals surface area contributed by atoms with E-state index in [-0.39, 0.29) is 0 Å². The molecule has 0 aromatic carbocycles. The number of piperidine rings is 1. The molecule has 3 aliphatic rings. The number of fused-ring (bicyclic) bond motifs is 2. The molecule has 5 atom stereocenters.